The van der Waals surface area contributed by atoms with Crippen LogP contribution in [-0.4, -0.2) is 46.9 Å². The van der Waals surface area contributed by atoms with E-state index < -0.39 is 18.2 Å². The van der Waals surface area contributed by atoms with Crippen molar-refractivity contribution >= 4 is 11.9 Å². The molecule has 0 spiro atoms. The Kier molecular flexibility index (Phi) is 48.6. The van der Waals surface area contributed by atoms with E-state index in [1.54, 1.807) is 0 Å². The summed E-state index contributed by atoms with van der Waals surface area (Å²) in [5.74, 6) is -0.582. The highest BCUT2D eigenvalue weighted by atomic mass is 16.5. The number of amides is 1. The van der Waals surface area contributed by atoms with Crippen molar-refractivity contribution in [1.82, 2.24) is 5.32 Å². The number of carbonyl (C=O) groups excluding carboxylic acids is 2. The van der Waals surface area contributed by atoms with Gasteiger partial charge in [-0.05, 0) is 70.6 Å². The van der Waals surface area contributed by atoms with Crippen LogP contribution in [0.5, 0.6) is 0 Å². The molecule has 0 heterocycles. The van der Waals surface area contributed by atoms with Crippen molar-refractivity contribution in [1.29, 1.82) is 0 Å². The van der Waals surface area contributed by atoms with Gasteiger partial charge < -0.3 is 20.3 Å². The molecule has 1 amide bonds. The van der Waals surface area contributed by atoms with Crippen LogP contribution in [0, 0.1) is 0 Å². The molecule has 3 N–H and O–H groups in total. The maximum atomic E-state index is 13.2. The van der Waals surface area contributed by atoms with Crippen molar-refractivity contribution < 1.29 is 24.5 Å². The van der Waals surface area contributed by atoms with Crippen LogP contribution in [0.4, 0.5) is 0 Å². The second kappa shape index (κ2) is 50.6. The van der Waals surface area contributed by atoms with Crippen molar-refractivity contribution in [3.05, 3.63) is 60.8 Å². The molecule has 0 aromatic heterocycles. The summed E-state index contributed by atoms with van der Waals surface area (Å²) in [6, 6.07) is -0.733. The van der Waals surface area contributed by atoms with Gasteiger partial charge in [-0.15, -0.1) is 0 Å². The smallest absolute Gasteiger partial charge is 0.306 e. The summed E-state index contributed by atoms with van der Waals surface area (Å²) in [4.78, 5) is 26.1. The van der Waals surface area contributed by atoms with Gasteiger partial charge in [0.2, 0.25) is 5.91 Å². The van der Waals surface area contributed by atoms with Crippen molar-refractivity contribution in [2.24, 2.45) is 0 Å². The first-order valence-electron chi connectivity index (χ1n) is 27.0. The van der Waals surface area contributed by atoms with Crippen LogP contribution in [0.1, 0.15) is 265 Å². The molecule has 366 valence electrons. The molecular weight excluding hydrogens is 779 g/mol. The van der Waals surface area contributed by atoms with E-state index >= 15 is 0 Å². The average molecular weight is 882 g/mol. The zero-order valence-corrected chi connectivity index (χ0v) is 41.7. The molecular formula is C57H103NO5. The fourth-order valence-corrected chi connectivity index (χ4v) is 7.93. The molecule has 0 aliphatic heterocycles. The predicted octanol–water partition coefficient (Wildman–Crippen LogP) is 16.4. The Labute approximate surface area is 390 Å². The topological polar surface area (TPSA) is 95.9 Å². The second-order valence-electron chi connectivity index (χ2n) is 18.3. The molecule has 63 heavy (non-hydrogen) atoms. The molecule has 0 saturated carbocycles. The lowest BCUT2D eigenvalue weighted by Gasteiger charge is -2.24. The molecule has 0 radical (unpaired) electrons. The number of allylic oxidation sites excluding steroid dienone is 9. The fourth-order valence-electron chi connectivity index (χ4n) is 7.93. The van der Waals surface area contributed by atoms with E-state index in [1.807, 2.05) is 6.08 Å². The summed E-state index contributed by atoms with van der Waals surface area (Å²) in [5, 5.41) is 23.7. The van der Waals surface area contributed by atoms with E-state index in [1.165, 1.54) is 154 Å². The number of hydrogen-bond acceptors (Lipinski definition) is 5. The number of nitrogens with one attached hydrogen (secondary N) is 1. The van der Waals surface area contributed by atoms with E-state index in [-0.39, 0.29) is 24.9 Å². The predicted molar refractivity (Wildman–Crippen MR) is 273 cm³/mol. The summed E-state index contributed by atoms with van der Waals surface area (Å²) < 4.78 is 5.88. The molecule has 0 fully saturated rings. The Balaban J connectivity index is 4.68. The van der Waals surface area contributed by atoms with Gasteiger partial charge in [0.15, 0.2) is 0 Å². The van der Waals surface area contributed by atoms with Crippen molar-refractivity contribution in [2.75, 3.05) is 6.61 Å². The number of rotatable bonds is 48. The molecule has 3 atom stereocenters. The minimum absolute atomic E-state index is 0.00191. The largest absolute Gasteiger partial charge is 0.461 e. The molecule has 6 heteroatoms. The van der Waals surface area contributed by atoms with Crippen LogP contribution in [0.2, 0.25) is 0 Å². The monoisotopic (exact) mass is 882 g/mol. The first-order chi connectivity index (χ1) is 31.0. The molecule has 0 aromatic carbocycles. The standard InChI is InChI=1S/C57H103NO5/c1-4-7-10-13-16-19-22-24-26-27-28-30-32-35-38-41-44-47-50-57(62)63-53(48-45-42-39-36-34-31-29-25-23-20-17-14-11-8-5-2)51-56(61)58-54(52-59)55(60)49-46-43-40-37-33-21-18-15-12-9-6-3/h17,20,25,28-30,34,36,42,45,53-55,59-60H,4-16,18-19,21-24,26-27,31-33,35,37-41,43-44,46-52H2,1-3H3,(H,58,61)/b20-17-,29-25-,30-28+,36-34-,45-42-. The minimum Gasteiger partial charge on any atom is -0.461 e. The van der Waals surface area contributed by atoms with Crippen molar-refractivity contribution in [3.8, 4) is 0 Å². The van der Waals surface area contributed by atoms with Gasteiger partial charge in [0.05, 0.1) is 25.2 Å². The summed E-state index contributed by atoms with van der Waals surface area (Å²) >= 11 is 0. The van der Waals surface area contributed by atoms with Crippen molar-refractivity contribution in [2.45, 2.75) is 283 Å². The number of ether oxygens (including phenoxy) is 1. The summed E-state index contributed by atoms with van der Waals surface area (Å²) in [6.45, 7) is 6.43. The van der Waals surface area contributed by atoms with Gasteiger partial charge in [-0.1, -0.05) is 236 Å². The van der Waals surface area contributed by atoms with Gasteiger partial charge in [-0.2, -0.15) is 0 Å². The second-order valence-corrected chi connectivity index (χ2v) is 18.3. The molecule has 3 unspecified atom stereocenters. The van der Waals surface area contributed by atoms with Gasteiger partial charge in [0, 0.05) is 12.8 Å². The lowest BCUT2D eigenvalue weighted by atomic mass is 10.0. The van der Waals surface area contributed by atoms with Crippen LogP contribution >= 0.6 is 0 Å². The Bertz CT molecular complexity index is 1130. The number of esters is 1. The summed E-state index contributed by atoms with van der Waals surface area (Å²) in [5.41, 5.74) is 0. The van der Waals surface area contributed by atoms with E-state index in [9.17, 15) is 19.8 Å². The first kappa shape index (κ1) is 60.6. The van der Waals surface area contributed by atoms with Gasteiger partial charge in [0.1, 0.15) is 6.10 Å². The molecule has 0 aromatic rings. The van der Waals surface area contributed by atoms with E-state index in [4.69, 9.17) is 4.74 Å². The number of hydrogen-bond donors (Lipinski definition) is 3. The third-order valence-electron chi connectivity index (χ3n) is 12.1. The zero-order chi connectivity index (χ0) is 45.9. The maximum absolute atomic E-state index is 13.2. The van der Waals surface area contributed by atoms with Crippen LogP contribution in [0.3, 0.4) is 0 Å². The van der Waals surface area contributed by atoms with E-state index in [2.05, 4.69) is 80.8 Å². The van der Waals surface area contributed by atoms with E-state index in [0.717, 1.165) is 64.2 Å². The highest BCUT2D eigenvalue weighted by Gasteiger charge is 2.23. The Morgan fingerprint density at radius 1 is 0.476 bits per heavy atom. The van der Waals surface area contributed by atoms with Gasteiger partial charge in [-0.3, -0.25) is 9.59 Å². The Hall–Kier alpha value is -2.44. The third kappa shape index (κ3) is 45.9. The van der Waals surface area contributed by atoms with Gasteiger partial charge in [-0.25, -0.2) is 0 Å². The fraction of sp³-hybridized carbons (Fsp3) is 0.789. The zero-order valence-electron chi connectivity index (χ0n) is 41.7. The number of unbranched alkanes of at least 4 members (excludes halogenated alkanes) is 27. The summed E-state index contributed by atoms with van der Waals surface area (Å²) in [6.07, 6.45) is 63.0. The SMILES string of the molecule is CCCCC/C=C\C/C=C\C/C=C\C/C=C\CC(CC(=O)NC(CO)C(O)CCCCCCCCCCCCC)OC(=O)CCCCCCC/C=C/CCCCCCCCCCC. The minimum atomic E-state index is -0.812. The third-order valence-corrected chi connectivity index (χ3v) is 12.1. The molecule has 6 nitrogen and oxygen atoms in total. The van der Waals surface area contributed by atoms with E-state index in [0.29, 0.717) is 19.3 Å². The van der Waals surface area contributed by atoms with Gasteiger partial charge in [0.25, 0.3) is 0 Å². The lowest BCUT2D eigenvalue weighted by molar-refractivity contribution is -0.150. The summed E-state index contributed by atoms with van der Waals surface area (Å²) in [7, 11) is 0. The maximum Gasteiger partial charge on any atom is 0.306 e. The Morgan fingerprint density at radius 3 is 1.32 bits per heavy atom. The molecule has 0 aliphatic rings. The normalized spacial score (nSPS) is 13.7. The van der Waals surface area contributed by atoms with Crippen LogP contribution < -0.4 is 5.32 Å². The molecule has 0 saturated heterocycles. The highest BCUT2D eigenvalue weighted by Crippen LogP contribution is 2.16. The Morgan fingerprint density at radius 2 is 0.841 bits per heavy atom. The quantitative estimate of drug-likeness (QED) is 0.0321. The number of aliphatic hydroxyl groups excluding tert-OH is 2. The molecule has 0 rings (SSSR count). The van der Waals surface area contributed by atoms with Crippen LogP contribution in [0.25, 0.3) is 0 Å². The van der Waals surface area contributed by atoms with Crippen molar-refractivity contribution in [3.63, 3.8) is 0 Å². The molecule has 0 aliphatic carbocycles. The number of carbonyl (C=O) groups is 2. The van der Waals surface area contributed by atoms with Crippen LogP contribution in [-0.2, 0) is 14.3 Å². The number of aliphatic hydroxyl groups is 2. The average Bonchev–Trinajstić information content (AvgIpc) is 3.28. The molecule has 0 bridgehead atoms. The van der Waals surface area contributed by atoms with Crippen LogP contribution in [0.15, 0.2) is 60.8 Å². The highest BCUT2D eigenvalue weighted by molar-refractivity contribution is 5.77. The lowest BCUT2D eigenvalue weighted by Crippen LogP contribution is -2.46. The first-order valence-corrected chi connectivity index (χ1v) is 27.0. The van der Waals surface area contributed by atoms with Gasteiger partial charge >= 0.3 is 5.97 Å².